The van der Waals surface area contributed by atoms with Crippen molar-refractivity contribution in [3.8, 4) is 0 Å². The van der Waals surface area contributed by atoms with Crippen LogP contribution in [0.5, 0.6) is 0 Å². The first kappa shape index (κ1) is 19.5. The Morgan fingerprint density at radius 1 is 1.33 bits per heavy atom. The highest BCUT2D eigenvalue weighted by atomic mass is 16.4. The third-order valence-corrected chi connectivity index (χ3v) is 6.13. The molecular formula is C22H30N2O3. The number of carboxylic acid groups (broad SMARTS) is 1. The number of piperidine rings is 2. The molecule has 1 aliphatic carbocycles. The first-order chi connectivity index (χ1) is 12.7. The van der Waals surface area contributed by atoms with Gasteiger partial charge < -0.3 is 10.0 Å². The third kappa shape index (κ3) is 3.24. The Morgan fingerprint density at radius 3 is 2.41 bits per heavy atom. The molecule has 1 aromatic rings. The van der Waals surface area contributed by atoms with Crippen molar-refractivity contribution in [3.05, 3.63) is 48.6 Å². The van der Waals surface area contributed by atoms with E-state index in [2.05, 4.69) is 6.58 Å². The fraction of sp³-hybridized carbons (Fsp3) is 0.545. The fourth-order valence-electron chi connectivity index (χ4n) is 5.02. The maximum atomic E-state index is 13.1. The van der Waals surface area contributed by atoms with Gasteiger partial charge in [-0.25, -0.2) is 4.79 Å². The van der Waals surface area contributed by atoms with Gasteiger partial charge in [-0.2, -0.15) is 0 Å². The van der Waals surface area contributed by atoms with Gasteiger partial charge in [0.25, 0.3) is 0 Å². The van der Waals surface area contributed by atoms with Gasteiger partial charge in [-0.3, -0.25) is 9.69 Å². The van der Waals surface area contributed by atoms with Crippen molar-refractivity contribution in [2.24, 2.45) is 5.92 Å². The summed E-state index contributed by atoms with van der Waals surface area (Å²) in [4.78, 5) is 29.0. The molecule has 0 radical (unpaired) electrons. The van der Waals surface area contributed by atoms with Gasteiger partial charge in [-0.05, 0) is 52.0 Å². The molecule has 5 nitrogen and oxygen atoms in total. The molecular weight excluding hydrogens is 340 g/mol. The quantitative estimate of drug-likeness (QED) is 0.778. The van der Waals surface area contributed by atoms with E-state index < -0.39 is 23.2 Å². The van der Waals surface area contributed by atoms with Gasteiger partial charge in [0.05, 0.1) is 11.6 Å². The lowest BCUT2D eigenvalue weighted by atomic mass is 9.64. The Balaban J connectivity index is 2.21. The topological polar surface area (TPSA) is 60.9 Å². The second-order valence-corrected chi connectivity index (χ2v) is 8.75. The van der Waals surface area contributed by atoms with Crippen LogP contribution in [0.25, 0.3) is 0 Å². The summed E-state index contributed by atoms with van der Waals surface area (Å²) in [7, 11) is 0. The van der Waals surface area contributed by atoms with Crippen LogP contribution < -0.4 is 0 Å². The molecule has 2 aliphatic heterocycles. The van der Waals surface area contributed by atoms with Crippen LogP contribution in [0, 0.1) is 5.92 Å². The summed E-state index contributed by atoms with van der Waals surface area (Å²) in [5, 5.41) is 10.2. The van der Waals surface area contributed by atoms with E-state index in [1.165, 1.54) is 0 Å². The molecule has 5 heteroatoms. The van der Waals surface area contributed by atoms with Gasteiger partial charge in [0, 0.05) is 18.0 Å². The summed E-state index contributed by atoms with van der Waals surface area (Å²) in [6, 6.07) is 9.37. The molecule has 4 rings (SSSR count). The summed E-state index contributed by atoms with van der Waals surface area (Å²) in [5.74, 6) is 0.212. The monoisotopic (exact) mass is 370 g/mol. The van der Waals surface area contributed by atoms with Crippen LogP contribution in [-0.2, 0) is 4.79 Å². The van der Waals surface area contributed by atoms with E-state index in [1.54, 1.807) is 11.0 Å². The summed E-state index contributed by atoms with van der Waals surface area (Å²) >= 11 is 0. The van der Waals surface area contributed by atoms with E-state index in [1.807, 2.05) is 56.0 Å². The first-order valence-corrected chi connectivity index (χ1v) is 9.72. The maximum absolute atomic E-state index is 13.1. The van der Waals surface area contributed by atoms with Crippen LogP contribution in [0.2, 0.25) is 0 Å². The van der Waals surface area contributed by atoms with Crippen LogP contribution in [-0.4, -0.2) is 44.5 Å². The molecule has 1 saturated carbocycles. The summed E-state index contributed by atoms with van der Waals surface area (Å²) < 4.78 is 0. The Bertz CT molecular complexity index is 715. The molecule has 2 bridgehead atoms. The van der Waals surface area contributed by atoms with Gasteiger partial charge in [0.1, 0.15) is 0 Å². The minimum absolute atomic E-state index is 0.0659. The van der Waals surface area contributed by atoms with Gasteiger partial charge >= 0.3 is 6.09 Å². The van der Waals surface area contributed by atoms with Gasteiger partial charge in [-0.15, -0.1) is 6.58 Å². The number of hydrogen-bond donors (Lipinski definition) is 1. The van der Waals surface area contributed by atoms with Crippen molar-refractivity contribution in [3.63, 3.8) is 0 Å². The van der Waals surface area contributed by atoms with E-state index in [0.717, 1.165) is 31.2 Å². The van der Waals surface area contributed by atoms with Crippen LogP contribution in [0.15, 0.2) is 43.0 Å². The van der Waals surface area contributed by atoms with Gasteiger partial charge in [0.15, 0.2) is 0 Å². The lowest BCUT2D eigenvalue weighted by molar-refractivity contribution is -0.163. The number of hydrogen-bond acceptors (Lipinski definition) is 2. The average Bonchev–Trinajstić information content (AvgIpc) is 2.62. The minimum Gasteiger partial charge on any atom is -0.465 e. The smallest absolute Gasteiger partial charge is 0.408 e. The zero-order valence-corrected chi connectivity index (χ0v) is 16.5. The van der Waals surface area contributed by atoms with Crippen LogP contribution in [0.4, 0.5) is 4.79 Å². The van der Waals surface area contributed by atoms with Gasteiger partial charge in [0.2, 0.25) is 5.91 Å². The van der Waals surface area contributed by atoms with Gasteiger partial charge in [-0.1, -0.05) is 36.4 Å². The van der Waals surface area contributed by atoms with E-state index in [-0.39, 0.29) is 11.8 Å². The van der Waals surface area contributed by atoms with Crippen molar-refractivity contribution >= 4 is 12.0 Å². The predicted octanol–water partition coefficient (Wildman–Crippen LogP) is 4.46. The Labute approximate surface area is 161 Å². The zero-order valence-electron chi connectivity index (χ0n) is 16.5. The lowest BCUT2D eigenvalue weighted by Gasteiger charge is -2.60. The number of carbonyl (C=O) groups is 2. The highest BCUT2D eigenvalue weighted by molar-refractivity contribution is 5.82. The highest BCUT2D eigenvalue weighted by Crippen LogP contribution is 2.53. The van der Waals surface area contributed by atoms with E-state index >= 15 is 0 Å². The number of nitrogens with zero attached hydrogens (tertiary/aromatic N) is 2. The van der Waals surface area contributed by atoms with Crippen molar-refractivity contribution in [2.75, 3.05) is 6.54 Å². The van der Waals surface area contributed by atoms with Crippen molar-refractivity contribution in [1.29, 1.82) is 0 Å². The first-order valence-electron chi connectivity index (χ1n) is 9.72. The SMILES string of the molecule is C=CCN1C(=O)C2CCC1([C@@H](c1ccccc1)N(C(=O)O)C(C)(C)C)CC2. The fourth-order valence-corrected chi connectivity index (χ4v) is 5.02. The molecule has 2 saturated heterocycles. The summed E-state index contributed by atoms with van der Waals surface area (Å²) in [6.07, 6.45) is 4.09. The maximum Gasteiger partial charge on any atom is 0.408 e. The lowest BCUT2D eigenvalue weighted by Crippen LogP contribution is -2.68. The van der Waals surface area contributed by atoms with Crippen LogP contribution in [0.3, 0.4) is 0 Å². The molecule has 146 valence electrons. The van der Waals surface area contributed by atoms with E-state index in [4.69, 9.17) is 0 Å². The average molecular weight is 370 g/mol. The summed E-state index contributed by atoms with van der Waals surface area (Å²) in [6.45, 7) is 10.1. The normalized spacial score (nSPS) is 26.0. The molecule has 2 amide bonds. The molecule has 0 aromatic heterocycles. The molecule has 0 spiro atoms. The molecule has 0 unspecified atom stereocenters. The largest absolute Gasteiger partial charge is 0.465 e. The van der Waals surface area contributed by atoms with Crippen molar-refractivity contribution in [2.45, 2.75) is 63.6 Å². The Kier molecular flexibility index (Phi) is 5.06. The molecule has 1 aromatic carbocycles. The standard InChI is InChI=1S/C22H30N2O3/c1-5-15-23-19(25)17-11-13-22(23,14-12-17)18(16-9-7-6-8-10-16)24(20(26)27)21(2,3)4/h5-10,17-18H,1,11-15H2,2-4H3,(H,26,27)/t17?,18-,22?/m1/s1. The molecule has 3 aliphatic rings. The third-order valence-electron chi connectivity index (χ3n) is 6.13. The van der Waals surface area contributed by atoms with E-state index in [9.17, 15) is 14.7 Å². The van der Waals surface area contributed by atoms with Crippen molar-refractivity contribution in [1.82, 2.24) is 9.80 Å². The number of carbonyl (C=O) groups excluding carboxylic acids is 1. The Morgan fingerprint density at radius 2 is 1.93 bits per heavy atom. The van der Waals surface area contributed by atoms with E-state index in [0.29, 0.717) is 6.54 Å². The number of amides is 2. The Hall–Kier alpha value is -2.30. The molecule has 3 fully saturated rings. The van der Waals surface area contributed by atoms with Crippen molar-refractivity contribution < 1.29 is 14.7 Å². The molecule has 1 N–H and O–H groups in total. The number of fused-ring (bicyclic) bond motifs is 3. The van der Waals surface area contributed by atoms with Crippen LogP contribution in [0.1, 0.15) is 58.1 Å². The molecule has 1 atom stereocenters. The molecule has 2 heterocycles. The summed E-state index contributed by atoms with van der Waals surface area (Å²) in [5.41, 5.74) is -0.192. The van der Waals surface area contributed by atoms with Crippen LogP contribution >= 0.6 is 0 Å². The zero-order chi connectivity index (χ0) is 19.8. The number of rotatable bonds is 5. The minimum atomic E-state index is -0.954. The number of benzene rings is 1. The molecule has 27 heavy (non-hydrogen) atoms. The second kappa shape index (κ2) is 7.02. The predicted molar refractivity (Wildman–Crippen MR) is 105 cm³/mol. The second-order valence-electron chi connectivity index (χ2n) is 8.75. The highest BCUT2D eigenvalue weighted by Gasteiger charge is 2.58.